The molecule has 2 saturated carbocycles. The van der Waals surface area contributed by atoms with Gasteiger partial charge >= 0.3 is 0 Å². The lowest BCUT2D eigenvalue weighted by atomic mass is 9.56. The summed E-state index contributed by atoms with van der Waals surface area (Å²) in [5, 5.41) is 15.4. The second-order valence-corrected chi connectivity index (χ2v) is 8.29. The molecule has 0 amide bonds. The summed E-state index contributed by atoms with van der Waals surface area (Å²) >= 11 is 0. The Morgan fingerprint density at radius 2 is 1.95 bits per heavy atom. The van der Waals surface area contributed by atoms with Crippen LogP contribution in [0.15, 0.2) is 0 Å². The highest BCUT2D eigenvalue weighted by Gasteiger charge is 2.70. The molecule has 0 radical (unpaired) electrons. The fraction of sp³-hybridized carbons (Fsp3) is 1.00. The Balaban J connectivity index is 1.93. The summed E-state index contributed by atoms with van der Waals surface area (Å²) in [4.78, 5) is 0. The summed E-state index contributed by atoms with van der Waals surface area (Å²) in [5.41, 5.74) is -0.321. The first-order valence-corrected chi connectivity index (χ1v) is 8.31. The van der Waals surface area contributed by atoms with Crippen molar-refractivity contribution in [2.45, 2.75) is 77.9 Å². The Kier molecular flexibility index (Phi) is 3.07. The highest BCUT2D eigenvalue weighted by atomic mass is 16.3. The van der Waals surface area contributed by atoms with E-state index in [1.807, 2.05) is 0 Å². The van der Waals surface area contributed by atoms with Gasteiger partial charge in [0, 0.05) is 6.04 Å². The average molecular weight is 265 g/mol. The van der Waals surface area contributed by atoms with Crippen LogP contribution in [0.1, 0.15) is 66.2 Å². The largest absolute Gasteiger partial charge is 0.387 e. The van der Waals surface area contributed by atoms with Gasteiger partial charge in [-0.2, -0.15) is 0 Å². The molecule has 1 heterocycles. The highest BCUT2D eigenvalue weighted by Crippen LogP contribution is 2.69. The van der Waals surface area contributed by atoms with E-state index in [0.29, 0.717) is 12.0 Å². The van der Waals surface area contributed by atoms with Crippen LogP contribution in [0.3, 0.4) is 0 Å². The van der Waals surface area contributed by atoms with Crippen molar-refractivity contribution in [1.82, 2.24) is 5.32 Å². The van der Waals surface area contributed by atoms with Crippen molar-refractivity contribution >= 4 is 0 Å². The van der Waals surface area contributed by atoms with Gasteiger partial charge in [-0.3, -0.25) is 0 Å². The molecule has 3 aliphatic rings. The molecule has 110 valence electrons. The van der Waals surface area contributed by atoms with Gasteiger partial charge in [-0.05, 0) is 61.3 Å². The Morgan fingerprint density at radius 1 is 1.21 bits per heavy atom. The average Bonchev–Trinajstić information content (AvgIpc) is 2.87. The molecule has 19 heavy (non-hydrogen) atoms. The number of fused-ring (bicyclic) bond motifs is 2. The Hall–Kier alpha value is -0.0800. The second kappa shape index (κ2) is 4.21. The van der Waals surface area contributed by atoms with Crippen LogP contribution in [0, 0.1) is 22.7 Å². The zero-order valence-electron chi connectivity index (χ0n) is 13.1. The second-order valence-electron chi connectivity index (χ2n) is 8.29. The lowest BCUT2D eigenvalue weighted by Gasteiger charge is -2.56. The predicted molar refractivity (Wildman–Crippen MR) is 79.0 cm³/mol. The van der Waals surface area contributed by atoms with Gasteiger partial charge in [-0.25, -0.2) is 0 Å². The zero-order valence-corrected chi connectivity index (χ0v) is 13.1. The molecule has 0 aromatic rings. The molecule has 2 N–H and O–H groups in total. The van der Waals surface area contributed by atoms with Crippen molar-refractivity contribution in [1.29, 1.82) is 0 Å². The van der Waals surface area contributed by atoms with Crippen LogP contribution in [0.2, 0.25) is 0 Å². The fourth-order valence-corrected chi connectivity index (χ4v) is 5.85. The van der Waals surface area contributed by atoms with Crippen LogP contribution in [-0.4, -0.2) is 23.3 Å². The lowest BCUT2D eigenvalue weighted by molar-refractivity contribution is -0.171. The first-order valence-electron chi connectivity index (χ1n) is 8.31. The van der Waals surface area contributed by atoms with Crippen LogP contribution in [-0.2, 0) is 0 Å². The normalized spacial score (nSPS) is 52.6. The van der Waals surface area contributed by atoms with Gasteiger partial charge in [0.2, 0.25) is 0 Å². The maximum atomic E-state index is 11.7. The number of hydrogen-bond acceptors (Lipinski definition) is 2. The lowest BCUT2D eigenvalue weighted by Crippen LogP contribution is -2.67. The minimum Gasteiger partial charge on any atom is -0.387 e. The monoisotopic (exact) mass is 265 g/mol. The summed E-state index contributed by atoms with van der Waals surface area (Å²) in [5.74, 6) is 1.51. The molecule has 2 nitrogen and oxygen atoms in total. The predicted octanol–water partition coefficient (Wildman–Crippen LogP) is 3.34. The third-order valence-corrected chi connectivity index (χ3v) is 7.26. The molecule has 2 aliphatic carbocycles. The van der Waals surface area contributed by atoms with Gasteiger partial charge in [-0.15, -0.1) is 0 Å². The molecule has 2 bridgehead atoms. The van der Waals surface area contributed by atoms with E-state index < -0.39 is 5.60 Å². The molecule has 0 spiro atoms. The maximum Gasteiger partial charge on any atom is 0.0906 e. The number of hydrogen-bond donors (Lipinski definition) is 2. The maximum absolute atomic E-state index is 11.7. The summed E-state index contributed by atoms with van der Waals surface area (Å²) in [6.45, 7) is 10.4. The number of piperidine rings is 1. The van der Waals surface area contributed by atoms with E-state index in [9.17, 15) is 5.11 Å². The van der Waals surface area contributed by atoms with E-state index in [-0.39, 0.29) is 10.8 Å². The SMILES string of the molecule is CCC1CCNC(C2(O)C3(C)CCC(C3)C2(C)C)C1. The minimum atomic E-state index is -0.517. The smallest absolute Gasteiger partial charge is 0.0906 e. The Morgan fingerprint density at radius 3 is 2.53 bits per heavy atom. The van der Waals surface area contributed by atoms with E-state index in [1.165, 1.54) is 38.5 Å². The fourth-order valence-electron chi connectivity index (χ4n) is 5.85. The quantitative estimate of drug-likeness (QED) is 0.802. The van der Waals surface area contributed by atoms with Gasteiger partial charge < -0.3 is 10.4 Å². The summed E-state index contributed by atoms with van der Waals surface area (Å²) in [6.07, 6.45) is 7.46. The molecule has 5 atom stereocenters. The van der Waals surface area contributed by atoms with E-state index in [2.05, 4.69) is 33.0 Å². The van der Waals surface area contributed by atoms with Gasteiger partial charge in [0.25, 0.3) is 0 Å². The molecule has 3 rings (SSSR count). The third kappa shape index (κ3) is 1.62. The number of nitrogens with one attached hydrogen (secondary N) is 1. The van der Waals surface area contributed by atoms with E-state index in [1.54, 1.807) is 0 Å². The van der Waals surface area contributed by atoms with Gasteiger partial charge in [0.15, 0.2) is 0 Å². The molecule has 0 aromatic heterocycles. The van der Waals surface area contributed by atoms with Crippen molar-refractivity contribution < 1.29 is 5.11 Å². The molecule has 2 heteroatoms. The standard InChI is InChI=1S/C17H31NO/c1-5-12-7-9-18-14(10-12)17(19)15(2,3)13-6-8-16(17,4)11-13/h12-14,18-19H,5-11H2,1-4H3. The van der Waals surface area contributed by atoms with Crippen LogP contribution < -0.4 is 5.32 Å². The van der Waals surface area contributed by atoms with Gasteiger partial charge in [0.1, 0.15) is 0 Å². The molecular weight excluding hydrogens is 234 g/mol. The summed E-state index contributed by atoms with van der Waals surface area (Å²) in [6, 6.07) is 0.302. The highest BCUT2D eigenvalue weighted by molar-refractivity contribution is 5.22. The molecule has 3 fully saturated rings. The molecule has 0 aromatic carbocycles. The zero-order chi connectivity index (χ0) is 13.9. The molecule has 1 aliphatic heterocycles. The third-order valence-electron chi connectivity index (χ3n) is 7.26. The summed E-state index contributed by atoms with van der Waals surface area (Å²) < 4.78 is 0. The van der Waals surface area contributed by atoms with Gasteiger partial charge in [0.05, 0.1) is 5.60 Å². The Bertz CT molecular complexity index is 360. The van der Waals surface area contributed by atoms with Crippen LogP contribution >= 0.6 is 0 Å². The summed E-state index contributed by atoms with van der Waals surface area (Å²) in [7, 11) is 0. The van der Waals surface area contributed by atoms with Crippen LogP contribution in [0.5, 0.6) is 0 Å². The first-order chi connectivity index (χ1) is 8.85. The van der Waals surface area contributed by atoms with Crippen molar-refractivity contribution in [2.75, 3.05) is 6.54 Å². The van der Waals surface area contributed by atoms with E-state index >= 15 is 0 Å². The first kappa shape index (κ1) is 13.9. The van der Waals surface area contributed by atoms with Crippen molar-refractivity contribution in [3.05, 3.63) is 0 Å². The van der Waals surface area contributed by atoms with Crippen molar-refractivity contribution in [2.24, 2.45) is 22.7 Å². The van der Waals surface area contributed by atoms with Crippen LogP contribution in [0.4, 0.5) is 0 Å². The van der Waals surface area contributed by atoms with E-state index in [4.69, 9.17) is 0 Å². The molecule has 1 saturated heterocycles. The Labute approximate surface area is 118 Å². The number of aliphatic hydroxyl groups is 1. The topological polar surface area (TPSA) is 32.3 Å². The van der Waals surface area contributed by atoms with E-state index in [0.717, 1.165) is 12.5 Å². The number of rotatable bonds is 2. The molecular formula is C17H31NO. The van der Waals surface area contributed by atoms with Crippen molar-refractivity contribution in [3.8, 4) is 0 Å². The minimum absolute atomic E-state index is 0.0628. The van der Waals surface area contributed by atoms with Gasteiger partial charge in [-0.1, -0.05) is 34.1 Å². The van der Waals surface area contributed by atoms with Crippen LogP contribution in [0.25, 0.3) is 0 Å². The molecule has 5 unspecified atom stereocenters. The van der Waals surface area contributed by atoms with Crippen molar-refractivity contribution in [3.63, 3.8) is 0 Å².